The summed E-state index contributed by atoms with van der Waals surface area (Å²) in [4.78, 5) is 38.0. The Kier molecular flexibility index (Phi) is 8.06. The molecule has 1 saturated heterocycles. The summed E-state index contributed by atoms with van der Waals surface area (Å²) in [6.45, 7) is 2.22. The zero-order chi connectivity index (χ0) is 28.4. The van der Waals surface area contributed by atoms with Gasteiger partial charge < -0.3 is 19.1 Å². The molecule has 0 spiro atoms. The number of nitrogens with one attached hydrogen (secondary N) is 2. The summed E-state index contributed by atoms with van der Waals surface area (Å²) in [5, 5.41) is 24.8. The maximum Gasteiger partial charge on any atom is 0.459 e. The minimum absolute atomic E-state index is 0.202. The second-order valence-corrected chi connectivity index (χ2v) is 10.8. The van der Waals surface area contributed by atoms with Crippen molar-refractivity contribution < 1.29 is 33.0 Å². The normalized spacial score (nSPS) is 24.9. The second-order valence-electron chi connectivity index (χ2n) is 9.12. The molecule has 1 unspecified atom stereocenters. The number of carbonyl (C=O) groups is 1. The van der Waals surface area contributed by atoms with Crippen LogP contribution in [-0.2, 0) is 23.4 Å². The summed E-state index contributed by atoms with van der Waals surface area (Å²) in [6, 6.07) is 14.2. The summed E-state index contributed by atoms with van der Waals surface area (Å²) in [5.74, 6) is -0.527. The maximum absolute atomic E-state index is 13.9. The number of rotatable bonds is 9. The Morgan fingerprint density at radius 3 is 2.69 bits per heavy atom. The Balaban J connectivity index is 1.62. The highest BCUT2D eigenvalue weighted by Gasteiger charge is 2.55. The molecule has 1 aliphatic rings. The van der Waals surface area contributed by atoms with Crippen molar-refractivity contribution in [2.75, 3.05) is 13.7 Å². The lowest BCUT2D eigenvalue weighted by atomic mass is 9.84. The van der Waals surface area contributed by atoms with Crippen LogP contribution in [0.4, 0.5) is 0 Å². The van der Waals surface area contributed by atoms with Crippen LogP contribution in [0, 0.1) is 16.7 Å². The number of aliphatic hydroxyl groups is 1. The number of aromatic nitrogens is 2. The summed E-state index contributed by atoms with van der Waals surface area (Å²) in [7, 11) is -3.18. The van der Waals surface area contributed by atoms with Gasteiger partial charge in [-0.25, -0.2) is 9.36 Å². The Bertz CT molecular complexity index is 1580. The van der Waals surface area contributed by atoms with Crippen molar-refractivity contribution in [1.82, 2.24) is 14.6 Å². The highest BCUT2D eigenvalue weighted by atomic mass is 31.2. The number of nitriles is 1. The van der Waals surface area contributed by atoms with Crippen LogP contribution in [-0.4, -0.2) is 52.6 Å². The molecule has 13 nitrogen and oxygen atoms in total. The molecule has 206 valence electrons. The molecule has 0 radical (unpaired) electrons. The van der Waals surface area contributed by atoms with Crippen LogP contribution >= 0.6 is 7.75 Å². The van der Waals surface area contributed by atoms with Crippen molar-refractivity contribution in [3.05, 3.63) is 75.6 Å². The molecule has 0 amide bonds. The number of methoxy groups -OCH3 is 1. The molecule has 1 fully saturated rings. The van der Waals surface area contributed by atoms with Gasteiger partial charge in [0, 0.05) is 17.6 Å². The third-order valence-electron chi connectivity index (χ3n) is 6.41. The van der Waals surface area contributed by atoms with Crippen LogP contribution in [0.15, 0.2) is 64.3 Å². The molecule has 2 heterocycles. The summed E-state index contributed by atoms with van der Waals surface area (Å²) in [6.07, 6.45) is -2.92. The lowest BCUT2D eigenvalue weighted by molar-refractivity contribution is -0.142. The van der Waals surface area contributed by atoms with Crippen molar-refractivity contribution >= 4 is 24.5 Å². The third kappa shape index (κ3) is 5.66. The first-order valence-electron chi connectivity index (χ1n) is 11.8. The lowest BCUT2D eigenvalue weighted by Crippen LogP contribution is -2.41. The van der Waals surface area contributed by atoms with E-state index in [9.17, 15) is 29.3 Å². The average Bonchev–Trinajstić information content (AvgIpc) is 3.17. The van der Waals surface area contributed by atoms with Crippen LogP contribution < -0.4 is 20.9 Å². The number of H-pyrrole nitrogens is 1. The fourth-order valence-corrected chi connectivity index (χ4v) is 5.79. The first-order valence-corrected chi connectivity index (χ1v) is 13.4. The monoisotopic (exact) mass is 558 g/mol. The Hall–Kier alpha value is -3.79. The number of benzene rings is 2. The first kappa shape index (κ1) is 28.2. The molecule has 0 bridgehead atoms. The SMILES string of the molecule is COC(=O)[C@H](C)NP(=O)(OC[C@H]1O[C@@H](n2ccc(=O)[nH]c2=O)[C@](C)(C#N)[C@@H]1O)Oc1cccc2ccccc12. The standard InChI is InChI=1S/C25H27N4O9P/c1-15(22(32)35-3)28-39(34,38-18-10-6-8-16-7-4-5-9-17(16)18)36-13-19-21(31)25(2,14-26)23(37-19)29-12-11-20(30)27-24(29)33/h4-12,15,19,21,23,31H,13H2,1-3H3,(H,28,34)(H,27,30,33)/t15-,19+,21+,23+,25+,39?/m0/s1. The highest BCUT2D eigenvalue weighted by molar-refractivity contribution is 7.52. The molecule has 2 aromatic carbocycles. The van der Waals surface area contributed by atoms with Crippen LogP contribution in [0.1, 0.15) is 20.1 Å². The van der Waals surface area contributed by atoms with Gasteiger partial charge in [-0.2, -0.15) is 10.3 Å². The smallest absolute Gasteiger partial charge is 0.459 e. The van der Waals surface area contributed by atoms with Crippen molar-refractivity contribution in [3.63, 3.8) is 0 Å². The quantitative estimate of drug-likeness (QED) is 0.257. The molecule has 1 aliphatic heterocycles. The van der Waals surface area contributed by atoms with Gasteiger partial charge in [-0.3, -0.25) is 23.7 Å². The van der Waals surface area contributed by atoms with Crippen LogP contribution in [0.5, 0.6) is 5.75 Å². The minimum atomic E-state index is -4.35. The Morgan fingerprint density at radius 2 is 2.00 bits per heavy atom. The molecule has 1 aromatic heterocycles. The van der Waals surface area contributed by atoms with Gasteiger partial charge in [0.15, 0.2) is 6.23 Å². The molecule has 0 aliphatic carbocycles. The number of hydrogen-bond donors (Lipinski definition) is 3. The zero-order valence-electron chi connectivity index (χ0n) is 21.3. The number of aromatic amines is 1. The van der Waals surface area contributed by atoms with Crippen molar-refractivity contribution in [2.24, 2.45) is 5.41 Å². The van der Waals surface area contributed by atoms with Gasteiger partial charge in [0.1, 0.15) is 29.4 Å². The van der Waals surface area contributed by atoms with E-state index in [2.05, 4.69) is 10.1 Å². The van der Waals surface area contributed by atoms with Gasteiger partial charge in [0.05, 0.1) is 19.8 Å². The van der Waals surface area contributed by atoms with Gasteiger partial charge in [-0.1, -0.05) is 36.4 Å². The minimum Gasteiger partial charge on any atom is -0.468 e. The zero-order valence-corrected chi connectivity index (χ0v) is 22.2. The molecule has 3 aromatic rings. The molecule has 0 saturated carbocycles. The van der Waals surface area contributed by atoms with E-state index in [0.717, 1.165) is 22.2 Å². The molecular formula is C25H27N4O9P. The van der Waals surface area contributed by atoms with Gasteiger partial charge in [0.25, 0.3) is 5.56 Å². The van der Waals surface area contributed by atoms with Gasteiger partial charge in [-0.15, -0.1) is 0 Å². The van der Waals surface area contributed by atoms with Crippen molar-refractivity contribution in [1.29, 1.82) is 5.26 Å². The Morgan fingerprint density at radius 1 is 1.28 bits per heavy atom. The van der Waals surface area contributed by atoms with Crippen molar-refractivity contribution in [2.45, 2.75) is 38.3 Å². The highest BCUT2D eigenvalue weighted by Crippen LogP contribution is 2.49. The molecule has 14 heteroatoms. The lowest BCUT2D eigenvalue weighted by Gasteiger charge is -2.26. The van der Waals surface area contributed by atoms with E-state index >= 15 is 0 Å². The van der Waals surface area contributed by atoms with Crippen LogP contribution in [0.2, 0.25) is 0 Å². The number of nitrogens with zero attached hydrogens (tertiary/aromatic N) is 2. The first-order chi connectivity index (χ1) is 18.5. The molecule has 4 rings (SSSR count). The summed E-state index contributed by atoms with van der Waals surface area (Å²) >= 11 is 0. The van der Waals surface area contributed by atoms with E-state index in [1.165, 1.54) is 21.0 Å². The number of fused-ring (bicyclic) bond motifs is 1. The fourth-order valence-electron chi connectivity index (χ4n) is 4.26. The maximum atomic E-state index is 13.9. The van der Waals surface area contributed by atoms with E-state index < -0.39 is 61.5 Å². The molecule has 39 heavy (non-hydrogen) atoms. The van der Waals surface area contributed by atoms with Gasteiger partial charge in [-0.05, 0) is 25.3 Å². The van der Waals surface area contributed by atoms with E-state index in [1.54, 1.807) is 24.3 Å². The van der Waals surface area contributed by atoms with Gasteiger partial charge >= 0.3 is 19.4 Å². The second kappa shape index (κ2) is 11.1. The van der Waals surface area contributed by atoms with E-state index in [0.29, 0.717) is 5.39 Å². The molecule has 6 atom stereocenters. The van der Waals surface area contributed by atoms with E-state index in [4.69, 9.17) is 18.5 Å². The van der Waals surface area contributed by atoms with E-state index in [1.807, 2.05) is 24.3 Å². The van der Waals surface area contributed by atoms with Crippen LogP contribution in [0.25, 0.3) is 10.8 Å². The van der Waals surface area contributed by atoms with E-state index in [-0.39, 0.29) is 5.75 Å². The number of ether oxygens (including phenoxy) is 2. The molecular weight excluding hydrogens is 531 g/mol. The largest absolute Gasteiger partial charge is 0.468 e. The summed E-state index contributed by atoms with van der Waals surface area (Å²) < 4.78 is 36.9. The number of hydrogen-bond acceptors (Lipinski definition) is 10. The summed E-state index contributed by atoms with van der Waals surface area (Å²) in [5.41, 5.74) is -3.14. The Labute approximate surface area is 222 Å². The van der Waals surface area contributed by atoms with Gasteiger partial charge in [0.2, 0.25) is 0 Å². The topological polar surface area (TPSA) is 182 Å². The predicted molar refractivity (Wildman–Crippen MR) is 138 cm³/mol. The molecule has 3 N–H and O–H groups in total. The van der Waals surface area contributed by atoms with Crippen molar-refractivity contribution in [3.8, 4) is 11.8 Å². The van der Waals surface area contributed by atoms with Crippen LogP contribution in [0.3, 0.4) is 0 Å². The average molecular weight is 558 g/mol. The number of esters is 1. The fraction of sp³-hybridized carbons (Fsp3) is 0.360. The predicted octanol–water partition coefficient (Wildman–Crippen LogP) is 1.83. The number of aliphatic hydroxyl groups excluding tert-OH is 1. The number of carbonyl (C=O) groups excluding carboxylic acids is 1. The third-order valence-corrected chi connectivity index (χ3v) is 8.04.